The topological polar surface area (TPSA) is 99.5 Å². The van der Waals surface area contributed by atoms with Gasteiger partial charge >= 0.3 is 12.3 Å². The maximum atomic E-state index is 12.2. The third kappa shape index (κ3) is 2.10. The molecule has 9 heteroatoms. The van der Waals surface area contributed by atoms with E-state index >= 15 is 0 Å². The van der Waals surface area contributed by atoms with Gasteiger partial charge in [0.1, 0.15) is 12.2 Å². The van der Waals surface area contributed by atoms with Crippen LogP contribution in [0.3, 0.4) is 0 Å². The van der Waals surface area contributed by atoms with Crippen molar-refractivity contribution >= 4 is 23.6 Å². The standard InChI is InChI=1S/C14H16N4O4S/c1-7(19)11-9-2-10(12(14(21)22)18(9)13(11)20)23-8-3-16-5-15-6-17(16)4-8/h5-9,11,19H,2-4H2,1H3/p+1/t7-,9+,11-/m1/s1. The number of fused-ring (bicyclic) bond motifs is 2. The monoisotopic (exact) mass is 337 g/mol. The third-order valence-corrected chi connectivity index (χ3v) is 5.99. The van der Waals surface area contributed by atoms with E-state index in [2.05, 4.69) is 4.98 Å². The zero-order valence-electron chi connectivity index (χ0n) is 12.5. The second-order valence-electron chi connectivity index (χ2n) is 6.19. The quantitative estimate of drug-likeness (QED) is 0.551. The first kappa shape index (κ1) is 14.7. The van der Waals surface area contributed by atoms with Crippen LogP contribution in [0.5, 0.6) is 0 Å². The molecule has 3 aliphatic heterocycles. The number of thioether (sulfide) groups is 1. The lowest BCUT2D eigenvalue weighted by atomic mass is 9.83. The summed E-state index contributed by atoms with van der Waals surface area (Å²) in [5.74, 6) is -1.84. The summed E-state index contributed by atoms with van der Waals surface area (Å²) in [7, 11) is 0. The molecule has 1 aromatic rings. The van der Waals surface area contributed by atoms with E-state index in [1.807, 2.05) is 9.36 Å². The van der Waals surface area contributed by atoms with Crippen LogP contribution in [0.15, 0.2) is 23.3 Å². The van der Waals surface area contributed by atoms with E-state index < -0.39 is 18.0 Å². The molecule has 2 N–H and O–H groups in total. The summed E-state index contributed by atoms with van der Waals surface area (Å²) in [6, 6.07) is -0.217. The Balaban J connectivity index is 1.55. The van der Waals surface area contributed by atoms with Crippen molar-refractivity contribution < 1.29 is 24.5 Å². The van der Waals surface area contributed by atoms with Crippen LogP contribution in [0.2, 0.25) is 0 Å². The van der Waals surface area contributed by atoms with Gasteiger partial charge in [0.15, 0.2) is 0 Å². The molecule has 0 aliphatic carbocycles. The molecule has 0 bridgehead atoms. The van der Waals surface area contributed by atoms with Crippen molar-refractivity contribution in [3.63, 3.8) is 0 Å². The van der Waals surface area contributed by atoms with E-state index in [0.717, 1.165) is 18.0 Å². The number of carboxylic acid groups (broad SMARTS) is 1. The van der Waals surface area contributed by atoms with Gasteiger partial charge in [0.05, 0.1) is 29.9 Å². The minimum absolute atomic E-state index is 0.0987. The lowest BCUT2D eigenvalue weighted by molar-refractivity contribution is -0.758. The van der Waals surface area contributed by atoms with Crippen LogP contribution in [0.4, 0.5) is 0 Å². The van der Waals surface area contributed by atoms with Gasteiger partial charge in [0, 0.05) is 11.3 Å². The predicted octanol–water partition coefficient (Wildman–Crippen LogP) is -0.806. The van der Waals surface area contributed by atoms with Crippen molar-refractivity contribution in [1.29, 1.82) is 0 Å². The van der Waals surface area contributed by atoms with Gasteiger partial charge in [-0.3, -0.25) is 4.79 Å². The first-order valence-electron chi connectivity index (χ1n) is 7.51. The molecule has 122 valence electrons. The van der Waals surface area contributed by atoms with Crippen LogP contribution < -0.4 is 4.68 Å². The number of hydrogen-bond acceptors (Lipinski definition) is 5. The maximum absolute atomic E-state index is 12.2. The minimum Gasteiger partial charge on any atom is -0.477 e. The molecule has 1 fully saturated rings. The van der Waals surface area contributed by atoms with Crippen molar-refractivity contribution in [3.05, 3.63) is 23.3 Å². The fraction of sp³-hybridized carbons (Fsp3) is 0.571. The van der Waals surface area contributed by atoms with Crippen molar-refractivity contribution in [3.8, 4) is 0 Å². The number of aliphatic carboxylic acids is 1. The molecule has 0 spiro atoms. The average Bonchev–Trinajstić information content (AvgIpc) is 3.10. The number of rotatable bonds is 4. The highest BCUT2D eigenvalue weighted by Crippen LogP contribution is 2.48. The lowest BCUT2D eigenvalue weighted by Gasteiger charge is -2.44. The normalized spacial score (nSPS) is 30.3. The van der Waals surface area contributed by atoms with Crippen LogP contribution in [0, 0.1) is 5.92 Å². The Labute approximate surface area is 136 Å². The van der Waals surface area contributed by atoms with Gasteiger partial charge in [0.25, 0.3) is 0 Å². The molecule has 0 saturated carbocycles. The molecular weight excluding hydrogens is 320 g/mol. The van der Waals surface area contributed by atoms with Gasteiger partial charge in [0.2, 0.25) is 12.2 Å². The Kier molecular flexibility index (Phi) is 3.24. The first-order chi connectivity index (χ1) is 11.0. The number of hydrogen-bond donors (Lipinski definition) is 2. The first-order valence-corrected chi connectivity index (χ1v) is 8.39. The number of amides is 1. The highest BCUT2D eigenvalue weighted by atomic mass is 32.2. The summed E-state index contributed by atoms with van der Waals surface area (Å²) >= 11 is 1.53. The lowest BCUT2D eigenvalue weighted by Crippen LogP contribution is -2.61. The van der Waals surface area contributed by atoms with Crippen molar-refractivity contribution in [1.82, 2.24) is 14.6 Å². The Morgan fingerprint density at radius 2 is 2.35 bits per heavy atom. The molecule has 1 aromatic heterocycles. The molecule has 8 nitrogen and oxygen atoms in total. The summed E-state index contributed by atoms with van der Waals surface area (Å²) < 4.78 is 3.98. The SMILES string of the molecule is C[C@@H](O)[C@H]1C(=O)N2C(C(=O)O)=C(SC3Cn4cnc[n+]4C3)C[C@@H]12. The molecule has 4 heterocycles. The molecule has 23 heavy (non-hydrogen) atoms. The molecule has 0 unspecified atom stereocenters. The van der Waals surface area contributed by atoms with Crippen LogP contribution in [-0.4, -0.2) is 54.1 Å². The minimum atomic E-state index is -1.07. The average molecular weight is 337 g/mol. The highest BCUT2D eigenvalue weighted by Gasteiger charge is 2.57. The van der Waals surface area contributed by atoms with Gasteiger partial charge < -0.3 is 15.1 Å². The Hall–Kier alpha value is -1.87. The zero-order valence-corrected chi connectivity index (χ0v) is 13.3. The van der Waals surface area contributed by atoms with E-state index in [-0.39, 0.29) is 22.9 Å². The summed E-state index contributed by atoms with van der Waals surface area (Å²) in [5.41, 5.74) is 0.0987. The van der Waals surface area contributed by atoms with Crippen LogP contribution >= 0.6 is 11.8 Å². The molecule has 4 rings (SSSR count). The Morgan fingerprint density at radius 1 is 1.57 bits per heavy atom. The number of aromatic nitrogens is 3. The number of carboxylic acids is 1. The van der Waals surface area contributed by atoms with Crippen molar-refractivity contribution in [2.45, 2.75) is 43.8 Å². The van der Waals surface area contributed by atoms with E-state index in [4.69, 9.17) is 0 Å². The third-order valence-electron chi connectivity index (χ3n) is 4.71. The fourth-order valence-corrected chi connectivity index (χ4v) is 5.13. The van der Waals surface area contributed by atoms with Gasteiger partial charge in [-0.1, -0.05) is 0 Å². The molecule has 1 saturated heterocycles. The molecule has 0 aromatic carbocycles. The van der Waals surface area contributed by atoms with Gasteiger partial charge in [-0.05, 0) is 11.9 Å². The summed E-state index contributed by atoms with van der Waals surface area (Å²) in [4.78, 5) is 29.9. The Morgan fingerprint density at radius 3 is 3.00 bits per heavy atom. The Bertz CT molecular complexity index is 708. The summed E-state index contributed by atoms with van der Waals surface area (Å²) in [5, 5.41) is 19.5. The summed E-state index contributed by atoms with van der Waals surface area (Å²) in [6.07, 6.45) is 3.27. The molecule has 3 atom stereocenters. The number of carbonyl (C=O) groups excluding carboxylic acids is 1. The second-order valence-corrected chi connectivity index (χ2v) is 7.58. The molecule has 1 amide bonds. The molecule has 3 aliphatic rings. The predicted molar refractivity (Wildman–Crippen MR) is 78.9 cm³/mol. The van der Waals surface area contributed by atoms with Gasteiger partial charge in [-0.2, -0.15) is 9.36 Å². The number of carbonyl (C=O) groups is 2. The highest BCUT2D eigenvalue weighted by molar-refractivity contribution is 8.03. The van der Waals surface area contributed by atoms with E-state index in [0.29, 0.717) is 6.42 Å². The number of aliphatic hydroxyl groups excluding tert-OH is 1. The van der Waals surface area contributed by atoms with Gasteiger partial charge in [-0.15, -0.1) is 11.8 Å². The van der Waals surface area contributed by atoms with Gasteiger partial charge in [-0.25, -0.2) is 4.79 Å². The number of aliphatic hydroxyl groups is 1. The summed E-state index contributed by atoms with van der Waals surface area (Å²) in [6.45, 7) is 3.11. The zero-order chi connectivity index (χ0) is 16.3. The van der Waals surface area contributed by atoms with Crippen LogP contribution in [0.25, 0.3) is 0 Å². The van der Waals surface area contributed by atoms with Crippen LogP contribution in [0.1, 0.15) is 13.3 Å². The van der Waals surface area contributed by atoms with E-state index in [1.165, 1.54) is 16.7 Å². The number of β-lactam (4-membered cyclic amide) rings is 1. The fourth-order valence-electron chi connectivity index (χ4n) is 3.71. The van der Waals surface area contributed by atoms with Crippen molar-refractivity contribution in [2.24, 2.45) is 5.92 Å². The molecule has 0 radical (unpaired) electrons. The van der Waals surface area contributed by atoms with Crippen LogP contribution in [-0.2, 0) is 22.7 Å². The molecular formula is C14H17N4O4S+. The number of nitrogens with zero attached hydrogens (tertiary/aromatic N) is 4. The maximum Gasteiger partial charge on any atom is 0.353 e. The van der Waals surface area contributed by atoms with E-state index in [9.17, 15) is 19.8 Å². The largest absolute Gasteiger partial charge is 0.477 e. The second kappa shape index (κ2) is 5.07. The smallest absolute Gasteiger partial charge is 0.353 e. The van der Waals surface area contributed by atoms with E-state index in [1.54, 1.807) is 19.6 Å². The van der Waals surface area contributed by atoms with Crippen molar-refractivity contribution in [2.75, 3.05) is 0 Å².